The molecule has 0 radical (unpaired) electrons. The Balaban J connectivity index is 2.26. The number of amides is 1. The molecule has 1 aliphatic heterocycles. The quantitative estimate of drug-likeness (QED) is 0.601. The van der Waals surface area contributed by atoms with E-state index in [4.69, 9.17) is 9.94 Å². The fourth-order valence-corrected chi connectivity index (χ4v) is 1.88. The number of methoxy groups -OCH3 is 1. The SMILES string of the molecule is COc1ccc(C2NC(=O)CCC2=NO)cc1. The van der Waals surface area contributed by atoms with Gasteiger partial charge < -0.3 is 15.3 Å². The van der Waals surface area contributed by atoms with Gasteiger partial charge in [-0.15, -0.1) is 0 Å². The number of nitrogens with one attached hydrogen (secondary N) is 1. The van der Waals surface area contributed by atoms with Crippen molar-refractivity contribution < 1.29 is 14.7 Å². The summed E-state index contributed by atoms with van der Waals surface area (Å²) in [5.41, 5.74) is 1.46. The number of piperidine rings is 1. The number of rotatable bonds is 2. The van der Waals surface area contributed by atoms with Gasteiger partial charge in [0, 0.05) is 12.8 Å². The minimum atomic E-state index is -0.341. The van der Waals surface area contributed by atoms with Gasteiger partial charge in [-0.2, -0.15) is 0 Å². The second-order valence-electron chi connectivity index (χ2n) is 3.87. The predicted octanol–water partition coefficient (Wildman–Crippen LogP) is 1.48. The van der Waals surface area contributed by atoms with E-state index in [1.807, 2.05) is 24.3 Å². The van der Waals surface area contributed by atoms with Crippen molar-refractivity contribution in [3.63, 3.8) is 0 Å². The van der Waals surface area contributed by atoms with Crippen LogP contribution in [0.15, 0.2) is 29.4 Å². The number of carbonyl (C=O) groups is 1. The molecule has 1 unspecified atom stereocenters. The molecule has 1 amide bonds. The first-order valence-corrected chi connectivity index (χ1v) is 5.38. The first-order valence-electron chi connectivity index (χ1n) is 5.38. The van der Waals surface area contributed by atoms with E-state index >= 15 is 0 Å². The molecule has 0 bridgehead atoms. The fraction of sp³-hybridized carbons (Fsp3) is 0.333. The van der Waals surface area contributed by atoms with E-state index in [2.05, 4.69) is 10.5 Å². The highest BCUT2D eigenvalue weighted by atomic mass is 16.5. The van der Waals surface area contributed by atoms with Crippen molar-refractivity contribution in [1.82, 2.24) is 5.32 Å². The third kappa shape index (κ3) is 2.38. The lowest BCUT2D eigenvalue weighted by Gasteiger charge is -2.24. The molecule has 5 nitrogen and oxygen atoms in total. The van der Waals surface area contributed by atoms with Crippen molar-refractivity contribution >= 4 is 11.6 Å². The number of nitrogens with zero attached hydrogens (tertiary/aromatic N) is 1. The molecule has 0 aliphatic carbocycles. The van der Waals surface area contributed by atoms with E-state index in [0.29, 0.717) is 18.6 Å². The van der Waals surface area contributed by atoms with E-state index in [1.165, 1.54) is 0 Å². The third-order valence-corrected chi connectivity index (χ3v) is 2.82. The maximum atomic E-state index is 11.4. The van der Waals surface area contributed by atoms with Crippen molar-refractivity contribution in [1.29, 1.82) is 0 Å². The van der Waals surface area contributed by atoms with Crippen molar-refractivity contribution in [3.05, 3.63) is 29.8 Å². The standard InChI is InChI=1S/C12H14N2O3/c1-17-9-4-2-8(3-5-9)12-10(14-16)6-7-11(15)13-12/h2-5,12,16H,6-7H2,1H3,(H,13,15). The summed E-state index contributed by atoms with van der Waals surface area (Å²) in [6.45, 7) is 0. The Bertz CT molecular complexity index is 440. The molecule has 1 aromatic rings. The summed E-state index contributed by atoms with van der Waals surface area (Å²) in [5, 5.41) is 15.0. The first-order chi connectivity index (χ1) is 8.24. The number of hydrogen-bond acceptors (Lipinski definition) is 4. The van der Waals surface area contributed by atoms with Gasteiger partial charge in [0.1, 0.15) is 5.75 Å². The summed E-state index contributed by atoms with van der Waals surface area (Å²) in [6.07, 6.45) is 0.852. The molecule has 2 rings (SSSR count). The second-order valence-corrected chi connectivity index (χ2v) is 3.87. The van der Waals surface area contributed by atoms with Crippen molar-refractivity contribution in [2.24, 2.45) is 5.16 Å². The summed E-state index contributed by atoms with van der Waals surface area (Å²) in [6, 6.07) is 6.98. The van der Waals surface area contributed by atoms with E-state index < -0.39 is 0 Å². The van der Waals surface area contributed by atoms with Gasteiger partial charge in [0.25, 0.3) is 0 Å². The van der Waals surface area contributed by atoms with Gasteiger partial charge in [-0.1, -0.05) is 17.3 Å². The lowest BCUT2D eigenvalue weighted by atomic mass is 9.95. The zero-order valence-corrected chi connectivity index (χ0v) is 9.51. The molecule has 1 aromatic carbocycles. The maximum absolute atomic E-state index is 11.4. The number of oxime groups is 1. The highest BCUT2D eigenvalue weighted by molar-refractivity contribution is 5.98. The second kappa shape index (κ2) is 4.86. The molecule has 90 valence electrons. The van der Waals surface area contributed by atoms with Crippen molar-refractivity contribution in [3.8, 4) is 5.75 Å². The number of ether oxygens (including phenoxy) is 1. The minimum Gasteiger partial charge on any atom is -0.497 e. The highest BCUT2D eigenvalue weighted by Gasteiger charge is 2.26. The lowest BCUT2D eigenvalue weighted by molar-refractivity contribution is -0.121. The monoisotopic (exact) mass is 234 g/mol. The smallest absolute Gasteiger partial charge is 0.221 e. The average Bonchev–Trinajstić information content (AvgIpc) is 2.39. The Kier molecular flexibility index (Phi) is 3.27. The van der Waals surface area contributed by atoms with Gasteiger partial charge >= 0.3 is 0 Å². The number of benzene rings is 1. The van der Waals surface area contributed by atoms with Crippen LogP contribution in [0.3, 0.4) is 0 Å². The molecule has 0 saturated carbocycles. The molecule has 0 spiro atoms. The molecule has 1 atom stereocenters. The largest absolute Gasteiger partial charge is 0.497 e. The maximum Gasteiger partial charge on any atom is 0.221 e. The number of carbonyl (C=O) groups excluding carboxylic acids is 1. The normalized spacial score (nSPS) is 22.3. The molecule has 1 saturated heterocycles. The first kappa shape index (κ1) is 11.4. The Labute approximate surface area is 99.1 Å². The summed E-state index contributed by atoms with van der Waals surface area (Å²) in [5.74, 6) is 0.719. The van der Waals surface area contributed by atoms with Gasteiger partial charge in [0.05, 0.1) is 18.9 Å². The van der Waals surface area contributed by atoms with Crippen LogP contribution in [0, 0.1) is 0 Å². The Morgan fingerprint density at radius 1 is 1.35 bits per heavy atom. The van der Waals surface area contributed by atoms with Gasteiger partial charge in [-0.25, -0.2) is 0 Å². The van der Waals surface area contributed by atoms with Crippen molar-refractivity contribution in [2.45, 2.75) is 18.9 Å². The Morgan fingerprint density at radius 3 is 2.65 bits per heavy atom. The van der Waals surface area contributed by atoms with Gasteiger partial charge in [-0.3, -0.25) is 4.79 Å². The molecule has 2 N–H and O–H groups in total. The Morgan fingerprint density at radius 2 is 2.06 bits per heavy atom. The van der Waals surface area contributed by atoms with Crippen molar-refractivity contribution in [2.75, 3.05) is 7.11 Å². The topological polar surface area (TPSA) is 70.9 Å². The van der Waals surface area contributed by atoms with E-state index in [-0.39, 0.29) is 11.9 Å². The molecule has 5 heteroatoms. The van der Waals surface area contributed by atoms with Gasteiger partial charge in [0.15, 0.2) is 0 Å². The van der Waals surface area contributed by atoms with E-state index in [0.717, 1.165) is 11.3 Å². The molecular weight excluding hydrogens is 220 g/mol. The van der Waals surface area contributed by atoms with Gasteiger partial charge in [0.2, 0.25) is 5.91 Å². The fourth-order valence-electron chi connectivity index (χ4n) is 1.88. The van der Waals surface area contributed by atoms with Crippen LogP contribution in [0.1, 0.15) is 24.4 Å². The summed E-state index contributed by atoms with van der Waals surface area (Å²) < 4.78 is 5.06. The van der Waals surface area contributed by atoms with Crippen LogP contribution in [0.2, 0.25) is 0 Å². The molecule has 0 aromatic heterocycles. The summed E-state index contributed by atoms with van der Waals surface area (Å²) >= 11 is 0. The van der Waals surface area contributed by atoms with Crippen LogP contribution in [-0.4, -0.2) is 23.9 Å². The molecule has 17 heavy (non-hydrogen) atoms. The Hall–Kier alpha value is -2.04. The van der Waals surface area contributed by atoms with Gasteiger partial charge in [-0.05, 0) is 17.7 Å². The van der Waals surface area contributed by atoms with Crippen LogP contribution in [0.5, 0.6) is 5.75 Å². The molecule has 1 heterocycles. The van der Waals surface area contributed by atoms with Crippen LogP contribution >= 0.6 is 0 Å². The molecule has 1 aliphatic rings. The van der Waals surface area contributed by atoms with Crippen LogP contribution in [0.25, 0.3) is 0 Å². The van der Waals surface area contributed by atoms with E-state index in [1.54, 1.807) is 7.11 Å². The van der Waals surface area contributed by atoms with E-state index in [9.17, 15) is 4.79 Å². The van der Waals surface area contributed by atoms with Crippen LogP contribution < -0.4 is 10.1 Å². The lowest BCUT2D eigenvalue weighted by Crippen LogP contribution is -2.38. The number of hydrogen-bond donors (Lipinski definition) is 2. The predicted molar refractivity (Wildman–Crippen MR) is 62.3 cm³/mol. The zero-order valence-electron chi connectivity index (χ0n) is 9.51. The average molecular weight is 234 g/mol. The minimum absolute atomic E-state index is 0.0294. The third-order valence-electron chi connectivity index (χ3n) is 2.82. The molecule has 1 fully saturated rings. The summed E-state index contributed by atoms with van der Waals surface area (Å²) in [4.78, 5) is 11.4. The highest BCUT2D eigenvalue weighted by Crippen LogP contribution is 2.23. The zero-order chi connectivity index (χ0) is 12.3. The summed E-state index contributed by atoms with van der Waals surface area (Å²) in [7, 11) is 1.60. The van der Waals surface area contributed by atoms with Crippen LogP contribution in [-0.2, 0) is 4.79 Å². The van der Waals surface area contributed by atoms with Crippen LogP contribution in [0.4, 0.5) is 0 Å². The molecular formula is C12H14N2O3.